The maximum absolute atomic E-state index is 12.6. The Morgan fingerprint density at radius 3 is 2.53 bits per heavy atom. The molecule has 100 valence electrons. The molecule has 1 aliphatic carbocycles. The van der Waals surface area contributed by atoms with Crippen LogP contribution in [0.3, 0.4) is 0 Å². The monoisotopic (exact) mass is 256 g/mol. The van der Waals surface area contributed by atoms with Gasteiger partial charge in [0.1, 0.15) is 5.92 Å². The van der Waals surface area contributed by atoms with Gasteiger partial charge in [-0.25, -0.2) is 0 Å². The van der Waals surface area contributed by atoms with Gasteiger partial charge >= 0.3 is 0 Å². The molecule has 1 fully saturated rings. The van der Waals surface area contributed by atoms with Crippen LogP contribution in [-0.4, -0.2) is 23.4 Å². The molecule has 0 aromatic heterocycles. The van der Waals surface area contributed by atoms with Crippen molar-refractivity contribution in [2.24, 2.45) is 0 Å². The molecule has 1 aromatic carbocycles. The van der Waals surface area contributed by atoms with Crippen LogP contribution < -0.4 is 0 Å². The molecule has 19 heavy (non-hydrogen) atoms. The Morgan fingerprint density at radius 1 is 1.37 bits per heavy atom. The molecule has 1 unspecified atom stereocenters. The summed E-state index contributed by atoms with van der Waals surface area (Å²) in [6.45, 7) is 2.68. The highest BCUT2D eigenvalue weighted by Crippen LogP contribution is 2.27. The van der Waals surface area contributed by atoms with Crippen LogP contribution in [0.2, 0.25) is 0 Å². The molecule has 3 nitrogen and oxygen atoms in total. The lowest BCUT2D eigenvalue weighted by molar-refractivity contribution is -0.133. The summed E-state index contributed by atoms with van der Waals surface area (Å²) >= 11 is 0. The summed E-state index contributed by atoms with van der Waals surface area (Å²) in [5, 5.41) is 9.34. The molecule has 0 heterocycles. The van der Waals surface area contributed by atoms with E-state index in [2.05, 4.69) is 6.07 Å². The van der Waals surface area contributed by atoms with Gasteiger partial charge in [-0.3, -0.25) is 4.79 Å². The topological polar surface area (TPSA) is 44.1 Å². The molecule has 0 aliphatic heterocycles. The zero-order valence-corrected chi connectivity index (χ0v) is 11.4. The minimum absolute atomic E-state index is 0.0388. The lowest BCUT2D eigenvalue weighted by atomic mass is 9.98. The third-order valence-electron chi connectivity index (χ3n) is 3.90. The number of rotatable bonds is 4. The average Bonchev–Trinajstić information content (AvgIpc) is 2.96. The first-order valence-corrected chi connectivity index (χ1v) is 7.03. The molecule has 3 heteroatoms. The molecule has 0 saturated heterocycles. The van der Waals surface area contributed by atoms with Crippen LogP contribution in [0.4, 0.5) is 0 Å². The van der Waals surface area contributed by atoms with E-state index in [1.807, 2.05) is 42.2 Å². The van der Waals surface area contributed by atoms with Gasteiger partial charge in [0.2, 0.25) is 5.91 Å². The highest BCUT2D eigenvalue weighted by Gasteiger charge is 2.31. The Hall–Kier alpha value is -1.82. The van der Waals surface area contributed by atoms with Crippen LogP contribution in [0.1, 0.15) is 44.1 Å². The SMILES string of the molecule is CCN(C(=O)C(C#N)c1ccccc1)C1CCCC1. The maximum Gasteiger partial charge on any atom is 0.244 e. The fourth-order valence-corrected chi connectivity index (χ4v) is 2.89. The van der Waals surface area contributed by atoms with Crippen molar-refractivity contribution >= 4 is 5.91 Å². The van der Waals surface area contributed by atoms with Crippen molar-refractivity contribution in [2.45, 2.75) is 44.6 Å². The second kappa shape index (κ2) is 6.38. The fourth-order valence-electron chi connectivity index (χ4n) is 2.89. The summed E-state index contributed by atoms with van der Waals surface area (Å²) in [4.78, 5) is 14.5. The predicted molar refractivity (Wildman–Crippen MR) is 74.4 cm³/mol. The van der Waals surface area contributed by atoms with E-state index in [1.165, 1.54) is 12.8 Å². The van der Waals surface area contributed by atoms with Gasteiger partial charge in [-0.2, -0.15) is 5.26 Å². The molecular weight excluding hydrogens is 236 g/mol. The highest BCUT2D eigenvalue weighted by atomic mass is 16.2. The van der Waals surface area contributed by atoms with Gasteiger partial charge in [-0.15, -0.1) is 0 Å². The number of carbonyl (C=O) groups is 1. The smallest absolute Gasteiger partial charge is 0.244 e. The van der Waals surface area contributed by atoms with Gasteiger partial charge in [0, 0.05) is 12.6 Å². The van der Waals surface area contributed by atoms with Crippen molar-refractivity contribution in [1.82, 2.24) is 4.90 Å². The Bertz CT molecular complexity index is 457. The third-order valence-corrected chi connectivity index (χ3v) is 3.90. The van der Waals surface area contributed by atoms with Crippen molar-refractivity contribution in [3.8, 4) is 6.07 Å². The maximum atomic E-state index is 12.6. The van der Waals surface area contributed by atoms with Crippen LogP contribution in [-0.2, 0) is 4.79 Å². The first kappa shape index (κ1) is 13.6. The summed E-state index contributed by atoms with van der Waals surface area (Å²) in [7, 11) is 0. The second-order valence-corrected chi connectivity index (χ2v) is 5.04. The van der Waals surface area contributed by atoms with Crippen LogP contribution >= 0.6 is 0 Å². The Morgan fingerprint density at radius 2 is 2.00 bits per heavy atom. The number of hydrogen-bond acceptors (Lipinski definition) is 2. The molecule has 2 rings (SSSR count). The number of benzene rings is 1. The number of carbonyl (C=O) groups excluding carboxylic acids is 1. The average molecular weight is 256 g/mol. The van der Waals surface area contributed by atoms with E-state index in [0.717, 1.165) is 18.4 Å². The van der Waals surface area contributed by atoms with Gasteiger partial charge in [-0.05, 0) is 25.3 Å². The van der Waals surface area contributed by atoms with E-state index >= 15 is 0 Å². The lowest BCUT2D eigenvalue weighted by Crippen LogP contribution is -2.41. The van der Waals surface area contributed by atoms with Crippen LogP contribution in [0, 0.1) is 11.3 Å². The molecule has 1 amide bonds. The van der Waals surface area contributed by atoms with Crippen molar-refractivity contribution in [2.75, 3.05) is 6.54 Å². The fraction of sp³-hybridized carbons (Fsp3) is 0.500. The van der Waals surface area contributed by atoms with E-state index in [9.17, 15) is 10.1 Å². The minimum atomic E-state index is -0.665. The van der Waals surface area contributed by atoms with E-state index < -0.39 is 5.92 Å². The lowest BCUT2D eigenvalue weighted by Gasteiger charge is -2.29. The number of hydrogen-bond donors (Lipinski definition) is 0. The molecule has 1 aromatic rings. The minimum Gasteiger partial charge on any atom is -0.339 e. The molecule has 1 aliphatic rings. The summed E-state index contributed by atoms with van der Waals surface area (Å²) < 4.78 is 0. The van der Waals surface area contributed by atoms with Gasteiger partial charge < -0.3 is 4.90 Å². The van der Waals surface area contributed by atoms with Crippen molar-refractivity contribution in [1.29, 1.82) is 5.26 Å². The summed E-state index contributed by atoms with van der Waals surface area (Å²) in [5.41, 5.74) is 0.798. The van der Waals surface area contributed by atoms with E-state index in [-0.39, 0.29) is 5.91 Å². The number of amides is 1. The first-order chi connectivity index (χ1) is 9.27. The van der Waals surface area contributed by atoms with E-state index in [4.69, 9.17) is 0 Å². The Balaban J connectivity index is 2.18. The zero-order chi connectivity index (χ0) is 13.7. The van der Waals surface area contributed by atoms with Gasteiger partial charge in [0.05, 0.1) is 6.07 Å². The third kappa shape index (κ3) is 2.96. The van der Waals surface area contributed by atoms with Crippen LogP contribution in [0.25, 0.3) is 0 Å². The van der Waals surface area contributed by atoms with E-state index in [1.54, 1.807) is 0 Å². The summed E-state index contributed by atoms with van der Waals surface area (Å²) in [6, 6.07) is 11.9. The number of likely N-dealkylation sites (N-methyl/N-ethyl adjacent to an activating group) is 1. The zero-order valence-electron chi connectivity index (χ0n) is 11.4. The van der Waals surface area contributed by atoms with Crippen LogP contribution in [0.5, 0.6) is 0 Å². The van der Waals surface area contributed by atoms with Crippen molar-refractivity contribution < 1.29 is 4.79 Å². The second-order valence-electron chi connectivity index (χ2n) is 5.04. The van der Waals surface area contributed by atoms with Crippen molar-refractivity contribution in [3.05, 3.63) is 35.9 Å². The van der Waals surface area contributed by atoms with Crippen LogP contribution in [0.15, 0.2) is 30.3 Å². The van der Waals surface area contributed by atoms with E-state index in [0.29, 0.717) is 12.6 Å². The first-order valence-electron chi connectivity index (χ1n) is 7.03. The standard InChI is InChI=1S/C16H20N2O/c1-2-18(14-10-6-7-11-14)16(19)15(12-17)13-8-4-3-5-9-13/h3-5,8-9,14-15H,2,6-7,10-11H2,1H3. The highest BCUT2D eigenvalue weighted by molar-refractivity contribution is 5.86. The summed E-state index contributed by atoms with van der Waals surface area (Å²) in [5.74, 6) is -0.704. The summed E-state index contributed by atoms with van der Waals surface area (Å²) in [6.07, 6.45) is 4.53. The Kier molecular flexibility index (Phi) is 4.57. The molecule has 1 saturated carbocycles. The molecule has 0 N–H and O–H groups in total. The molecular formula is C16H20N2O. The number of nitrogens with zero attached hydrogens (tertiary/aromatic N) is 2. The predicted octanol–water partition coefficient (Wildman–Crippen LogP) is 3.08. The van der Waals surface area contributed by atoms with Gasteiger partial charge in [0.15, 0.2) is 0 Å². The molecule has 0 spiro atoms. The van der Waals surface area contributed by atoms with Crippen molar-refractivity contribution in [3.63, 3.8) is 0 Å². The number of nitriles is 1. The normalized spacial score (nSPS) is 16.8. The largest absolute Gasteiger partial charge is 0.339 e. The quantitative estimate of drug-likeness (QED) is 0.831. The Labute approximate surface area is 114 Å². The van der Waals surface area contributed by atoms with Gasteiger partial charge in [0.25, 0.3) is 0 Å². The molecule has 0 radical (unpaired) electrons. The van der Waals surface area contributed by atoms with Gasteiger partial charge in [-0.1, -0.05) is 43.2 Å². The molecule has 1 atom stereocenters. The molecule has 0 bridgehead atoms.